The summed E-state index contributed by atoms with van der Waals surface area (Å²) in [6.45, 7) is 7.99. The van der Waals surface area contributed by atoms with E-state index in [0.29, 0.717) is 0 Å². The van der Waals surface area contributed by atoms with Crippen molar-refractivity contribution in [1.82, 2.24) is 9.13 Å². The first-order valence-electron chi connectivity index (χ1n) is 6.96. The monoisotopic (exact) mass is 273 g/mol. The smallest absolute Gasteiger partial charge is 0.325 e. The molecule has 2 N–H and O–H groups in total. The highest BCUT2D eigenvalue weighted by molar-refractivity contribution is 5.41. The maximum atomic E-state index is 12.4. The van der Waals surface area contributed by atoms with E-state index in [9.17, 15) is 4.79 Å². The van der Waals surface area contributed by atoms with Crippen molar-refractivity contribution in [2.45, 2.75) is 45.7 Å². The Balaban J connectivity index is 2.51. The lowest BCUT2D eigenvalue weighted by atomic mass is 9.95. The van der Waals surface area contributed by atoms with E-state index < -0.39 is 0 Å². The molecule has 0 aliphatic carbocycles. The first kappa shape index (κ1) is 14.6. The Morgan fingerprint density at radius 2 is 1.85 bits per heavy atom. The van der Waals surface area contributed by atoms with Gasteiger partial charge in [0.25, 0.3) is 0 Å². The fraction of sp³-hybridized carbons (Fsp3) is 0.438. The number of hydrogen-bond acceptors (Lipinski definition) is 2. The van der Waals surface area contributed by atoms with E-state index in [1.165, 1.54) is 0 Å². The van der Waals surface area contributed by atoms with Gasteiger partial charge in [0.1, 0.15) is 0 Å². The second-order valence-corrected chi connectivity index (χ2v) is 6.25. The molecule has 108 valence electrons. The molecule has 0 atom stereocenters. The van der Waals surface area contributed by atoms with Crippen molar-refractivity contribution in [2.75, 3.05) is 0 Å². The van der Waals surface area contributed by atoms with Crippen LogP contribution in [0, 0.1) is 0 Å². The summed E-state index contributed by atoms with van der Waals surface area (Å²) in [5, 5.41) is 0. The van der Waals surface area contributed by atoms with Crippen LogP contribution in [-0.2, 0) is 6.42 Å². The molecule has 0 fully saturated rings. The van der Waals surface area contributed by atoms with Gasteiger partial charge in [0.2, 0.25) is 0 Å². The second-order valence-electron chi connectivity index (χ2n) is 6.25. The van der Waals surface area contributed by atoms with Crippen LogP contribution in [0.1, 0.15) is 39.3 Å². The molecular weight excluding hydrogens is 250 g/mol. The summed E-state index contributed by atoms with van der Waals surface area (Å²) >= 11 is 0. The number of nitrogens with zero attached hydrogens (tertiary/aromatic N) is 2. The Kier molecular flexibility index (Phi) is 3.86. The van der Waals surface area contributed by atoms with Gasteiger partial charge in [0.05, 0.1) is 5.69 Å². The lowest BCUT2D eigenvalue weighted by molar-refractivity contribution is 0.515. The van der Waals surface area contributed by atoms with E-state index in [1.807, 2.05) is 64.4 Å². The normalized spacial score (nSPS) is 12.1. The molecule has 0 spiro atoms. The third-order valence-electron chi connectivity index (χ3n) is 3.26. The molecule has 2 aromatic rings. The molecule has 1 aromatic carbocycles. The van der Waals surface area contributed by atoms with E-state index in [-0.39, 0.29) is 17.3 Å². The van der Waals surface area contributed by atoms with Gasteiger partial charge in [0, 0.05) is 24.0 Å². The zero-order valence-electron chi connectivity index (χ0n) is 12.6. The zero-order valence-corrected chi connectivity index (χ0v) is 12.6. The summed E-state index contributed by atoms with van der Waals surface area (Å²) in [6, 6.07) is 8.08. The van der Waals surface area contributed by atoms with Crippen LogP contribution >= 0.6 is 0 Å². The largest absolute Gasteiger partial charge is 0.332 e. The van der Waals surface area contributed by atoms with Crippen molar-refractivity contribution in [3.05, 3.63) is 52.7 Å². The molecule has 4 heteroatoms. The maximum absolute atomic E-state index is 12.4. The minimum absolute atomic E-state index is 0.0118. The van der Waals surface area contributed by atoms with Crippen LogP contribution in [0.25, 0.3) is 5.69 Å². The van der Waals surface area contributed by atoms with Gasteiger partial charge in [-0.3, -0.25) is 9.13 Å². The van der Waals surface area contributed by atoms with Crippen LogP contribution in [0.4, 0.5) is 0 Å². The molecule has 0 aliphatic rings. The van der Waals surface area contributed by atoms with E-state index in [0.717, 1.165) is 17.7 Å². The van der Waals surface area contributed by atoms with Gasteiger partial charge in [-0.2, -0.15) is 0 Å². The highest BCUT2D eigenvalue weighted by Gasteiger charge is 2.16. The number of aromatic nitrogens is 2. The van der Waals surface area contributed by atoms with Gasteiger partial charge >= 0.3 is 5.69 Å². The fourth-order valence-electron chi connectivity index (χ4n) is 2.35. The first-order chi connectivity index (χ1) is 9.29. The van der Waals surface area contributed by atoms with Gasteiger partial charge in [0.15, 0.2) is 0 Å². The molecule has 0 radical (unpaired) electrons. The van der Waals surface area contributed by atoms with Crippen molar-refractivity contribution in [3.8, 4) is 5.69 Å². The summed E-state index contributed by atoms with van der Waals surface area (Å²) in [7, 11) is 0. The van der Waals surface area contributed by atoms with E-state index in [1.54, 1.807) is 9.13 Å². The second kappa shape index (κ2) is 5.29. The standard InChI is InChI=1S/C16H23N3O/c1-12(2)18-9-10-19(15(18)20)14-8-6-5-7-13(14)11-16(3,4)17/h5-10,12H,11,17H2,1-4H3. The minimum Gasteiger partial charge on any atom is -0.325 e. The van der Waals surface area contributed by atoms with Gasteiger partial charge in [-0.1, -0.05) is 18.2 Å². The van der Waals surface area contributed by atoms with Crippen LogP contribution in [0.15, 0.2) is 41.5 Å². The summed E-state index contributed by atoms with van der Waals surface area (Å²) in [5.41, 5.74) is 7.80. The molecule has 0 aliphatic heterocycles. The molecule has 4 nitrogen and oxygen atoms in total. The molecule has 1 heterocycles. The Bertz CT molecular complexity index is 644. The lowest BCUT2D eigenvalue weighted by Gasteiger charge is -2.20. The Morgan fingerprint density at radius 1 is 1.20 bits per heavy atom. The number of para-hydroxylation sites is 1. The molecule has 0 bridgehead atoms. The third kappa shape index (κ3) is 3.02. The predicted molar refractivity (Wildman–Crippen MR) is 82.4 cm³/mol. The van der Waals surface area contributed by atoms with E-state index in [4.69, 9.17) is 5.73 Å². The number of rotatable bonds is 4. The van der Waals surface area contributed by atoms with Crippen LogP contribution in [-0.4, -0.2) is 14.7 Å². The average molecular weight is 273 g/mol. The van der Waals surface area contributed by atoms with Crippen molar-refractivity contribution in [2.24, 2.45) is 5.73 Å². The minimum atomic E-state index is -0.305. The van der Waals surface area contributed by atoms with Gasteiger partial charge < -0.3 is 5.73 Å². The fourth-order valence-corrected chi connectivity index (χ4v) is 2.35. The predicted octanol–water partition coefficient (Wildman–Crippen LogP) is 2.50. The van der Waals surface area contributed by atoms with Crippen LogP contribution in [0.5, 0.6) is 0 Å². The van der Waals surface area contributed by atoms with Gasteiger partial charge in [-0.15, -0.1) is 0 Å². The highest BCUT2D eigenvalue weighted by atomic mass is 16.1. The van der Waals surface area contributed by atoms with Gasteiger partial charge in [-0.05, 0) is 45.7 Å². The third-order valence-corrected chi connectivity index (χ3v) is 3.26. The molecule has 0 saturated heterocycles. The summed E-state index contributed by atoms with van der Waals surface area (Å²) in [5.74, 6) is 0. The van der Waals surface area contributed by atoms with Crippen molar-refractivity contribution < 1.29 is 0 Å². The Morgan fingerprint density at radius 3 is 2.40 bits per heavy atom. The van der Waals surface area contributed by atoms with Crippen LogP contribution in [0.2, 0.25) is 0 Å². The molecule has 0 saturated carbocycles. The number of benzene rings is 1. The van der Waals surface area contributed by atoms with E-state index >= 15 is 0 Å². The Labute approximate surface area is 119 Å². The quantitative estimate of drug-likeness (QED) is 0.930. The zero-order chi connectivity index (χ0) is 14.9. The van der Waals surface area contributed by atoms with E-state index in [2.05, 4.69) is 0 Å². The topological polar surface area (TPSA) is 52.9 Å². The summed E-state index contributed by atoms with van der Waals surface area (Å²) in [4.78, 5) is 12.4. The SMILES string of the molecule is CC(C)n1ccn(-c2ccccc2CC(C)(C)N)c1=O. The molecule has 20 heavy (non-hydrogen) atoms. The number of imidazole rings is 1. The van der Waals surface area contributed by atoms with Crippen LogP contribution in [0.3, 0.4) is 0 Å². The number of nitrogens with two attached hydrogens (primary N) is 1. The van der Waals surface area contributed by atoms with Crippen molar-refractivity contribution >= 4 is 0 Å². The average Bonchev–Trinajstić information content (AvgIpc) is 2.70. The van der Waals surface area contributed by atoms with Crippen molar-refractivity contribution in [3.63, 3.8) is 0 Å². The van der Waals surface area contributed by atoms with Crippen molar-refractivity contribution in [1.29, 1.82) is 0 Å². The number of hydrogen-bond donors (Lipinski definition) is 1. The first-order valence-corrected chi connectivity index (χ1v) is 6.96. The van der Waals surface area contributed by atoms with Gasteiger partial charge in [-0.25, -0.2) is 4.79 Å². The van der Waals surface area contributed by atoms with Crippen LogP contribution < -0.4 is 11.4 Å². The molecule has 2 rings (SSSR count). The molecule has 0 unspecified atom stereocenters. The Hall–Kier alpha value is -1.81. The maximum Gasteiger partial charge on any atom is 0.332 e. The highest BCUT2D eigenvalue weighted by Crippen LogP contribution is 2.18. The molecular formula is C16H23N3O. The summed E-state index contributed by atoms with van der Waals surface area (Å²) < 4.78 is 3.42. The molecule has 1 aromatic heterocycles. The summed E-state index contributed by atoms with van der Waals surface area (Å²) in [6.07, 6.45) is 4.38. The lowest BCUT2D eigenvalue weighted by Crippen LogP contribution is -2.35. The molecule has 0 amide bonds.